The quantitative estimate of drug-likeness (QED) is 0.376. The van der Waals surface area contributed by atoms with Crippen molar-refractivity contribution < 1.29 is 4.79 Å². The average molecular weight is 407 g/mol. The summed E-state index contributed by atoms with van der Waals surface area (Å²) in [5.74, 6) is 0.650. The van der Waals surface area contributed by atoms with Crippen LogP contribution in [0.3, 0.4) is 0 Å². The van der Waals surface area contributed by atoms with Gasteiger partial charge in [0.25, 0.3) is 5.56 Å². The third-order valence-corrected chi connectivity index (χ3v) is 5.66. The van der Waals surface area contributed by atoms with E-state index >= 15 is 0 Å². The van der Waals surface area contributed by atoms with Crippen LogP contribution in [0.25, 0.3) is 16.7 Å². The molecule has 4 rings (SSSR count). The molecule has 29 heavy (non-hydrogen) atoms. The van der Waals surface area contributed by atoms with Gasteiger partial charge >= 0.3 is 0 Å². The van der Waals surface area contributed by atoms with Gasteiger partial charge in [0.1, 0.15) is 0 Å². The zero-order chi connectivity index (χ0) is 20.2. The Labute approximate surface area is 171 Å². The van der Waals surface area contributed by atoms with E-state index in [1.807, 2.05) is 40.8 Å². The number of amides is 1. The molecule has 0 bridgehead atoms. The minimum atomic E-state index is -0.117. The molecule has 0 aliphatic rings. The van der Waals surface area contributed by atoms with Crippen LogP contribution in [0.1, 0.15) is 12.0 Å². The Balaban J connectivity index is 1.41. The summed E-state index contributed by atoms with van der Waals surface area (Å²) >= 11 is 1.31. The number of aromatic nitrogens is 4. The Morgan fingerprint density at radius 1 is 1.07 bits per heavy atom. The van der Waals surface area contributed by atoms with Crippen LogP contribution in [0.15, 0.2) is 64.5 Å². The van der Waals surface area contributed by atoms with Crippen molar-refractivity contribution in [3.05, 3.63) is 70.5 Å². The van der Waals surface area contributed by atoms with E-state index in [1.54, 1.807) is 13.1 Å². The molecule has 2 aromatic carbocycles. The van der Waals surface area contributed by atoms with Crippen molar-refractivity contribution in [3.63, 3.8) is 0 Å². The van der Waals surface area contributed by atoms with Crippen LogP contribution in [-0.2, 0) is 18.3 Å². The van der Waals surface area contributed by atoms with E-state index in [9.17, 15) is 9.59 Å². The van der Waals surface area contributed by atoms with Gasteiger partial charge in [0.05, 0.1) is 16.7 Å². The number of benzene rings is 2. The number of para-hydroxylation sites is 1. The molecule has 0 fully saturated rings. The topological polar surface area (TPSA) is 81.3 Å². The highest BCUT2D eigenvalue weighted by molar-refractivity contribution is 7.99. The number of rotatable bonds is 7. The second kappa shape index (κ2) is 8.48. The monoisotopic (exact) mass is 407 g/mol. The van der Waals surface area contributed by atoms with E-state index in [0.29, 0.717) is 22.9 Å². The first-order valence-electron chi connectivity index (χ1n) is 9.41. The van der Waals surface area contributed by atoms with Crippen molar-refractivity contribution in [2.45, 2.75) is 18.0 Å². The number of fused-ring (bicyclic) bond motifs is 3. The fourth-order valence-electron chi connectivity index (χ4n) is 3.25. The summed E-state index contributed by atoms with van der Waals surface area (Å²) < 4.78 is 3.30. The number of carbonyl (C=O) groups excluding carboxylic acids is 1. The fraction of sp³-hybridized carbons (Fsp3) is 0.238. The van der Waals surface area contributed by atoms with E-state index in [4.69, 9.17) is 0 Å². The van der Waals surface area contributed by atoms with Gasteiger partial charge < -0.3 is 5.32 Å². The maximum atomic E-state index is 12.5. The highest BCUT2D eigenvalue weighted by Crippen LogP contribution is 2.20. The number of aryl methyl sites for hydroxylation is 2. The molecule has 0 spiro atoms. The zero-order valence-corrected chi connectivity index (χ0v) is 16.9. The van der Waals surface area contributed by atoms with Gasteiger partial charge in [0.15, 0.2) is 5.16 Å². The zero-order valence-electron chi connectivity index (χ0n) is 16.0. The molecule has 0 radical (unpaired) electrons. The SMILES string of the molecule is Cn1c(=O)c2ccccc2n2c(SCC(=O)NCCCc3ccccc3)nnc12. The standard InChI is InChI=1S/C21H21N5O2S/c1-25-19(28)16-11-5-6-12-17(16)26-20(25)23-24-21(26)29-14-18(27)22-13-7-10-15-8-3-2-4-9-15/h2-6,8-9,11-12H,7,10,13-14H2,1H3,(H,22,27). The molecule has 0 saturated carbocycles. The lowest BCUT2D eigenvalue weighted by Gasteiger charge is -2.08. The number of nitrogens with one attached hydrogen (secondary N) is 1. The summed E-state index contributed by atoms with van der Waals surface area (Å²) in [7, 11) is 1.67. The first-order valence-corrected chi connectivity index (χ1v) is 10.4. The number of hydrogen-bond donors (Lipinski definition) is 1. The molecule has 4 aromatic rings. The lowest BCUT2D eigenvalue weighted by Crippen LogP contribution is -2.26. The number of carbonyl (C=O) groups is 1. The molecular weight excluding hydrogens is 386 g/mol. The summed E-state index contributed by atoms with van der Waals surface area (Å²) in [5.41, 5.74) is 1.89. The Kier molecular flexibility index (Phi) is 5.62. The number of nitrogens with zero attached hydrogens (tertiary/aromatic N) is 4. The largest absolute Gasteiger partial charge is 0.355 e. The molecule has 2 aromatic heterocycles. The highest BCUT2D eigenvalue weighted by Gasteiger charge is 2.15. The lowest BCUT2D eigenvalue weighted by atomic mass is 10.1. The molecule has 0 atom stereocenters. The van der Waals surface area contributed by atoms with Crippen molar-refractivity contribution in [2.75, 3.05) is 12.3 Å². The molecule has 1 N–H and O–H groups in total. The van der Waals surface area contributed by atoms with Gasteiger partial charge in [-0.1, -0.05) is 54.2 Å². The van der Waals surface area contributed by atoms with Crippen molar-refractivity contribution in [1.82, 2.24) is 24.5 Å². The average Bonchev–Trinajstić information content (AvgIpc) is 3.19. The Morgan fingerprint density at radius 3 is 2.66 bits per heavy atom. The minimum absolute atomic E-state index is 0.0473. The van der Waals surface area contributed by atoms with E-state index in [1.165, 1.54) is 21.9 Å². The van der Waals surface area contributed by atoms with Gasteiger partial charge in [-0.25, -0.2) is 0 Å². The second-order valence-corrected chi connectivity index (χ2v) is 7.67. The minimum Gasteiger partial charge on any atom is -0.355 e. The van der Waals surface area contributed by atoms with E-state index in [2.05, 4.69) is 27.6 Å². The molecule has 8 heteroatoms. The third-order valence-electron chi connectivity index (χ3n) is 4.74. The first kappa shape index (κ1) is 19.2. The van der Waals surface area contributed by atoms with Crippen molar-refractivity contribution in [2.24, 2.45) is 7.05 Å². The molecular formula is C21H21N5O2S. The summed E-state index contributed by atoms with van der Waals surface area (Å²) in [6, 6.07) is 17.6. The van der Waals surface area contributed by atoms with Gasteiger partial charge in [-0.15, -0.1) is 10.2 Å². The summed E-state index contributed by atoms with van der Waals surface area (Å²) in [6.07, 6.45) is 1.82. The van der Waals surface area contributed by atoms with E-state index < -0.39 is 0 Å². The lowest BCUT2D eigenvalue weighted by molar-refractivity contribution is -0.118. The van der Waals surface area contributed by atoms with E-state index in [-0.39, 0.29) is 17.2 Å². The molecule has 7 nitrogen and oxygen atoms in total. The smallest absolute Gasteiger partial charge is 0.262 e. The van der Waals surface area contributed by atoms with Gasteiger partial charge in [-0.2, -0.15) is 0 Å². The van der Waals surface area contributed by atoms with Crippen LogP contribution in [0.4, 0.5) is 0 Å². The number of hydrogen-bond acceptors (Lipinski definition) is 5. The van der Waals surface area contributed by atoms with Gasteiger partial charge in [-0.05, 0) is 30.5 Å². The van der Waals surface area contributed by atoms with E-state index in [0.717, 1.165) is 18.4 Å². The predicted octanol–water partition coefficient (Wildman–Crippen LogP) is 2.42. The molecule has 0 saturated heterocycles. The fourth-order valence-corrected chi connectivity index (χ4v) is 4.02. The normalized spacial score (nSPS) is 11.2. The Bertz CT molecular complexity index is 1220. The van der Waals surface area contributed by atoms with Crippen LogP contribution < -0.4 is 10.9 Å². The van der Waals surface area contributed by atoms with Crippen LogP contribution in [0, 0.1) is 0 Å². The molecule has 0 aliphatic carbocycles. The van der Waals surface area contributed by atoms with Gasteiger partial charge in [0.2, 0.25) is 11.7 Å². The van der Waals surface area contributed by atoms with Crippen LogP contribution in [-0.4, -0.2) is 37.4 Å². The highest BCUT2D eigenvalue weighted by atomic mass is 32.2. The molecule has 2 heterocycles. The summed E-state index contributed by atoms with van der Waals surface area (Å²) in [6.45, 7) is 0.631. The number of thioether (sulfide) groups is 1. The summed E-state index contributed by atoms with van der Waals surface area (Å²) in [5, 5.41) is 12.5. The van der Waals surface area contributed by atoms with Crippen molar-refractivity contribution in [3.8, 4) is 0 Å². The molecule has 1 amide bonds. The molecule has 0 aliphatic heterocycles. The van der Waals surface area contributed by atoms with Crippen molar-refractivity contribution in [1.29, 1.82) is 0 Å². The van der Waals surface area contributed by atoms with Crippen LogP contribution in [0.2, 0.25) is 0 Å². The van der Waals surface area contributed by atoms with Gasteiger partial charge in [-0.3, -0.25) is 18.6 Å². The summed E-state index contributed by atoms with van der Waals surface area (Å²) in [4.78, 5) is 24.7. The maximum Gasteiger partial charge on any atom is 0.262 e. The van der Waals surface area contributed by atoms with Crippen molar-refractivity contribution >= 4 is 34.3 Å². The Morgan fingerprint density at radius 2 is 1.83 bits per heavy atom. The molecule has 0 unspecified atom stereocenters. The van der Waals surface area contributed by atoms with Crippen LogP contribution in [0.5, 0.6) is 0 Å². The Hall–Kier alpha value is -3.13. The second-order valence-electron chi connectivity index (χ2n) is 6.73. The third kappa shape index (κ3) is 4.02. The first-order chi connectivity index (χ1) is 14.1. The maximum absolute atomic E-state index is 12.5. The molecule has 148 valence electrons. The predicted molar refractivity (Wildman–Crippen MR) is 114 cm³/mol. The van der Waals surface area contributed by atoms with Crippen LogP contribution >= 0.6 is 11.8 Å². The van der Waals surface area contributed by atoms with Gasteiger partial charge in [0, 0.05) is 13.6 Å².